The maximum Gasteiger partial charge on any atom is 0.0380 e. The van der Waals surface area contributed by atoms with Gasteiger partial charge < -0.3 is 5.32 Å². The predicted molar refractivity (Wildman–Crippen MR) is 84.5 cm³/mol. The third-order valence-electron chi connectivity index (χ3n) is 3.60. The van der Waals surface area contributed by atoms with Gasteiger partial charge in [-0.05, 0) is 51.7 Å². The molecule has 0 aliphatic heterocycles. The smallest absolute Gasteiger partial charge is 0.0380 e. The highest BCUT2D eigenvalue weighted by Gasteiger charge is 2.17. The first-order valence-electron chi connectivity index (χ1n) is 7.11. The van der Waals surface area contributed by atoms with Crippen LogP contribution in [-0.4, -0.2) is 5.54 Å². The van der Waals surface area contributed by atoms with Crippen molar-refractivity contribution in [1.82, 2.24) is 0 Å². The van der Waals surface area contributed by atoms with Crippen LogP contribution in [-0.2, 0) is 6.42 Å². The molecule has 2 rings (SSSR count). The SMILES string of the molecule is CC1=C(Cc2ccccc2NC(C)(C)C)C(C)C=C1. The number of para-hydroxylation sites is 1. The summed E-state index contributed by atoms with van der Waals surface area (Å²) in [6.45, 7) is 11.1. The minimum atomic E-state index is 0.0963. The summed E-state index contributed by atoms with van der Waals surface area (Å²) in [5.74, 6) is 0.572. The van der Waals surface area contributed by atoms with Crippen molar-refractivity contribution < 1.29 is 0 Å². The molecule has 1 atom stereocenters. The Hall–Kier alpha value is -1.50. The van der Waals surface area contributed by atoms with Gasteiger partial charge in [-0.15, -0.1) is 0 Å². The van der Waals surface area contributed by atoms with Gasteiger partial charge in [-0.1, -0.05) is 48.4 Å². The van der Waals surface area contributed by atoms with Gasteiger partial charge in [0, 0.05) is 11.2 Å². The zero-order valence-corrected chi connectivity index (χ0v) is 12.7. The molecule has 0 amide bonds. The van der Waals surface area contributed by atoms with E-state index in [-0.39, 0.29) is 5.54 Å². The van der Waals surface area contributed by atoms with Crippen LogP contribution in [0.4, 0.5) is 5.69 Å². The molecular formula is C18H25N. The lowest BCUT2D eigenvalue weighted by atomic mass is 9.94. The van der Waals surface area contributed by atoms with Crippen molar-refractivity contribution in [2.45, 2.75) is 46.6 Å². The molecule has 1 aromatic carbocycles. The molecular weight excluding hydrogens is 230 g/mol. The maximum atomic E-state index is 3.61. The Morgan fingerprint density at radius 1 is 1.16 bits per heavy atom. The molecule has 0 heterocycles. The van der Waals surface area contributed by atoms with E-state index in [1.807, 2.05) is 0 Å². The Labute approximate surface area is 117 Å². The summed E-state index contributed by atoms with van der Waals surface area (Å²) in [7, 11) is 0. The molecule has 1 heteroatoms. The Morgan fingerprint density at radius 2 is 1.84 bits per heavy atom. The van der Waals surface area contributed by atoms with E-state index in [0.717, 1.165) is 6.42 Å². The molecule has 0 bridgehead atoms. The molecule has 1 aromatic rings. The van der Waals surface area contributed by atoms with Crippen LogP contribution in [0.5, 0.6) is 0 Å². The molecule has 1 unspecified atom stereocenters. The van der Waals surface area contributed by atoms with Crippen molar-refractivity contribution in [3.63, 3.8) is 0 Å². The quantitative estimate of drug-likeness (QED) is 0.804. The first kappa shape index (κ1) is 13.9. The van der Waals surface area contributed by atoms with E-state index in [1.165, 1.54) is 16.8 Å². The summed E-state index contributed by atoms with van der Waals surface area (Å²) in [6.07, 6.45) is 5.59. The van der Waals surface area contributed by atoms with Crippen LogP contribution in [0.1, 0.15) is 40.2 Å². The predicted octanol–water partition coefficient (Wildman–Crippen LogP) is 4.96. The van der Waals surface area contributed by atoms with Crippen LogP contribution in [0.15, 0.2) is 47.6 Å². The Bertz CT molecular complexity index is 515. The van der Waals surface area contributed by atoms with Gasteiger partial charge in [-0.2, -0.15) is 0 Å². The van der Waals surface area contributed by atoms with Crippen molar-refractivity contribution in [1.29, 1.82) is 0 Å². The number of benzene rings is 1. The standard InChI is InChI=1S/C18H25N/c1-13-10-11-14(2)16(13)12-15-8-6-7-9-17(15)19-18(3,4)5/h6-11,13,19H,12H2,1-5H3. The molecule has 0 spiro atoms. The Morgan fingerprint density at radius 3 is 2.42 bits per heavy atom. The molecule has 0 aromatic heterocycles. The van der Waals surface area contributed by atoms with Gasteiger partial charge in [0.2, 0.25) is 0 Å². The molecule has 1 aliphatic carbocycles. The lowest BCUT2D eigenvalue weighted by molar-refractivity contribution is 0.632. The Balaban J connectivity index is 2.24. The number of rotatable bonds is 3. The van der Waals surface area contributed by atoms with Gasteiger partial charge in [-0.25, -0.2) is 0 Å². The van der Waals surface area contributed by atoms with Crippen molar-refractivity contribution >= 4 is 5.69 Å². The van der Waals surface area contributed by atoms with Gasteiger partial charge >= 0.3 is 0 Å². The number of nitrogens with one attached hydrogen (secondary N) is 1. The number of hydrogen-bond acceptors (Lipinski definition) is 1. The molecule has 0 saturated carbocycles. The fourth-order valence-electron chi connectivity index (χ4n) is 2.58. The largest absolute Gasteiger partial charge is 0.380 e. The second-order valence-corrected chi connectivity index (χ2v) is 6.56. The van der Waals surface area contributed by atoms with E-state index >= 15 is 0 Å². The summed E-state index contributed by atoms with van der Waals surface area (Å²) in [5, 5.41) is 3.61. The highest BCUT2D eigenvalue weighted by atomic mass is 15.0. The minimum absolute atomic E-state index is 0.0963. The first-order valence-corrected chi connectivity index (χ1v) is 7.11. The molecule has 102 valence electrons. The van der Waals surface area contributed by atoms with Crippen LogP contribution in [0, 0.1) is 5.92 Å². The van der Waals surface area contributed by atoms with Crippen molar-refractivity contribution in [2.24, 2.45) is 5.92 Å². The molecule has 0 fully saturated rings. The van der Waals surface area contributed by atoms with E-state index in [9.17, 15) is 0 Å². The van der Waals surface area contributed by atoms with Crippen molar-refractivity contribution in [3.8, 4) is 0 Å². The minimum Gasteiger partial charge on any atom is -0.380 e. The fraction of sp³-hybridized carbons (Fsp3) is 0.444. The van der Waals surface area contributed by atoms with Crippen molar-refractivity contribution in [2.75, 3.05) is 5.32 Å². The van der Waals surface area contributed by atoms with Gasteiger partial charge in [0.25, 0.3) is 0 Å². The van der Waals surface area contributed by atoms with E-state index in [1.54, 1.807) is 5.57 Å². The molecule has 19 heavy (non-hydrogen) atoms. The van der Waals surface area contributed by atoms with Crippen molar-refractivity contribution in [3.05, 3.63) is 53.1 Å². The number of allylic oxidation sites excluding steroid dienone is 4. The Kier molecular flexibility index (Phi) is 3.84. The zero-order valence-electron chi connectivity index (χ0n) is 12.7. The summed E-state index contributed by atoms with van der Waals surface area (Å²) in [5.41, 5.74) is 5.72. The van der Waals surface area contributed by atoms with E-state index in [2.05, 4.69) is 76.4 Å². The van der Waals surface area contributed by atoms with Gasteiger partial charge in [-0.3, -0.25) is 0 Å². The fourth-order valence-corrected chi connectivity index (χ4v) is 2.58. The second kappa shape index (κ2) is 5.24. The van der Waals surface area contributed by atoms with Gasteiger partial charge in [0.05, 0.1) is 0 Å². The molecule has 1 nitrogen and oxygen atoms in total. The van der Waals surface area contributed by atoms with E-state index in [4.69, 9.17) is 0 Å². The highest BCUT2D eigenvalue weighted by molar-refractivity contribution is 5.55. The van der Waals surface area contributed by atoms with Crippen LogP contribution >= 0.6 is 0 Å². The monoisotopic (exact) mass is 255 g/mol. The van der Waals surface area contributed by atoms with E-state index in [0.29, 0.717) is 5.92 Å². The normalized spacial score (nSPS) is 19.1. The molecule has 0 radical (unpaired) electrons. The third kappa shape index (κ3) is 3.50. The third-order valence-corrected chi connectivity index (χ3v) is 3.60. The molecule has 0 saturated heterocycles. The van der Waals surface area contributed by atoms with E-state index < -0.39 is 0 Å². The highest BCUT2D eigenvalue weighted by Crippen LogP contribution is 2.30. The summed E-state index contributed by atoms with van der Waals surface area (Å²) >= 11 is 0. The van der Waals surface area contributed by atoms with Gasteiger partial charge in [0.1, 0.15) is 0 Å². The lowest BCUT2D eigenvalue weighted by Crippen LogP contribution is -2.26. The summed E-state index contributed by atoms with van der Waals surface area (Å²) < 4.78 is 0. The summed E-state index contributed by atoms with van der Waals surface area (Å²) in [4.78, 5) is 0. The lowest BCUT2D eigenvalue weighted by Gasteiger charge is -2.25. The number of anilines is 1. The molecule has 1 N–H and O–H groups in total. The van der Waals surface area contributed by atoms with Gasteiger partial charge in [0.15, 0.2) is 0 Å². The maximum absolute atomic E-state index is 3.61. The van der Waals surface area contributed by atoms with Crippen LogP contribution in [0.3, 0.4) is 0 Å². The topological polar surface area (TPSA) is 12.0 Å². The first-order chi connectivity index (χ1) is 8.87. The molecule has 1 aliphatic rings. The van der Waals surface area contributed by atoms with Crippen LogP contribution in [0.25, 0.3) is 0 Å². The number of hydrogen-bond donors (Lipinski definition) is 1. The second-order valence-electron chi connectivity index (χ2n) is 6.56. The van der Waals surface area contributed by atoms with Crippen LogP contribution in [0.2, 0.25) is 0 Å². The van der Waals surface area contributed by atoms with Crippen LogP contribution < -0.4 is 5.32 Å². The summed E-state index contributed by atoms with van der Waals surface area (Å²) in [6, 6.07) is 8.66. The average molecular weight is 255 g/mol. The zero-order chi connectivity index (χ0) is 14.0. The average Bonchev–Trinajstić information content (AvgIpc) is 2.61.